The molecule has 2 amide bonds. The molecule has 2 aromatic carbocycles. The van der Waals surface area contributed by atoms with Crippen LogP contribution < -0.4 is 15.4 Å². The number of furan rings is 1. The molecule has 2 heterocycles. The monoisotopic (exact) mass is 448 g/mol. The van der Waals surface area contributed by atoms with E-state index in [1.54, 1.807) is 24.3 Å². The first kappa shape index (κ1) is 21.3. The maximum atomic E-state index is 12.4. The van der Waals surface area contributed by atoms with E-state index in [0.29, 0.717) is 28.6 Å². The van der Waals surface area contributed by atoms with Gasteiger partial charge in [0.1, 0.15) is 23.9 Å². The zero-order chi connectivity index (χ0) is 22.3. The molecular weight excluding hydrogens is 428 g/mol. The fraction of sp³-hybridized carbons (Fsp3) is 0.130. The molecule has 0 aliphatic carbocycles. The normalized spacial score (nSPS) is 10.5. The Bertz CT molecular complexity index is 1200. The second kappa shape index (κ2) is 9.88. The molecule has 0 radical (unpaired) electrons. The molecule has 2 aromatic heterocycles. The SMILES string of the molecule is Cc1ccc(CNC(=O)c2ccc(NC(=O)c3nnc(COc4ccccc4)s3)cc2)o1. The molecule has 0 unspecified atom stereocenters. The largest absolute Gasteiger partial charge is 0.486 e. The minimum absolute atomic E-state index is 0.229. The van der Waals surface area contributed by atoms with Crippen LogP contribution in [0.4, 0.5) is 5.69 Å². The van der Waals surface area contributed by atoms with E-state index in [9.17, 15) is 9.59 Å². The predicted molar refractivity (Wildman–Crippen MR) is 120 cm³/mol. The van der Waals surface area contributed by atoms with Crippen molar-refractivity contribution in [3.05, 3.63) is 93.8 Å². The molecule has 0 bridgehead atoms. The number of hydrogen-bond donors (Lipinski definition) is 2. The second-order valence-electron chi connectivity index (χ2n) is 6.83. The van der Waals surface area contributed by atoms with E-state index in [2.05, 4.69) is 20.8 Å². The van der Waals surface area contributed by atoms with Gasteiger partial charge in [-0.2, -0.15) is 0 Å². The van der Waals surface area contributed by atoms with Gasteiger partial charge >= 0.3 is 0 Å². The van der Waals surface area contributed by atoms with Crippen LogP contribution in [0.25, 0.3) is 0 Å². The van der Waals surface area contributed by atoms with Gasteiger partial charge in [0.05, 0.1) is 6.54 Å². The summed E-state index contributed by atoms with van der Waals surface area (Å²) in [6.45, 7) is 2.38. The first-order valence-corrected chi connectivity index (χ1v) is 10.6. The number of aryl methyl sites for hydroxylation is 1. The predicted octanol–water partition coefficient (Wildman–Crippen LogP) is 4.20. The molecule has 2 N–H and O–H groups in total. The van der Waals surface area contributed by atoms with Crippen LogP contribution in [0, 0.1) is 6.92 Å². The summed E-state index contributed by atoms with van der Waals surface area (Å²) in [5.41, 5.74) is 1.02. The molecule has 4 aromatic rings. The van der Waals surface area contributed by atoms with E-state index in [1.165, 1.54) is 0 Å². The number of rotatable bonds is 8. The number of nitrogens with zero attached hydrogens (tertiary/aromatic N) is 2. The maximum absolute atomic E-state index is 12.4. The van der Waals surface area contributed by atoms with Crippen molar-refractivity contribution in [3.63, 3.8) is 0 Å². The highest BCUT2D eigenvalue weighted by Gasteiger charge is 2.14. The van der Waals surface area contributed by atoms with Crippen LogP contribution in [-0.2, 0) is 13.2 Å². The van der Waals surface area contributed by atoms with Crippen molar-refractivity contribution >= 4 is 28.8 Å². The molecule has 9 heteroatoms. The molecule has 0 aliphatic heterocycles. The van der Waals surface area contributed by atoms with E-state index in [4.69, 9.17) is 9.15 Å². The number of carbonyl (C=O) groups is 2. The van der Waals surface area contributed by atoms with Gasteiger partial charge in [-0.1, -0.05) is 29.5 Å². The molecule has 0 atom stereocenters. The average Bonchev–Trinajstić information content (AvgIpc) is 3.46. The van der Waals surface area contributed by atoms with Crippen LogP contribution in [0.15, 0.2) is 71.1 Å². The minimum atomic E-state index is -0.376. The molecule has 4 rings (SSSR count). The Balaban J connectivity index is 1.29. The van der Waals surface area contributed by atoms with Crippen molar-refractivity contribution < 1.29 is 18.7 Å². The number of amides is 2. The van der Waals surface area contributed by atoms with Crippen molar-refractivity contribution in [1.82, 2.24) is 15.5 Å². The number of para-hydroxylation sites is 1. The topological polar surface area (TPSA) is 106 Å². The van der Waals surface area contributed by atoms with E-state index in [1.807, 2.05) is 49.4 Å². The lowest BCUT2D eigenvalue weighted by molar-refractivity contribution is 0.0947. The second-order valence-corrected chi connectivity index (χ2v) is 7.89. The Morgan fingerprint density at radius 3 is 2.47 bits per heavy atom. The fourth-order valence-corrected chi connectivity index (χ4v) is 3.45. The third-order valence-electron chi connectivity index (χ3n) is 4.39. The van der Waals surface area contributed by atoms with Crippen molar-refractivity contribution in [2.75, 3.05) is 5.32 Å². The number of ether oxygens (including phenoxy) is 1. The zero-order valence-electron chi connectivity index (χ0n) is 17.2. The van der Waals surface area contributed by atoms with Gasteiger partial charge in [-0.3, -0.25) is 9.59 Å². The van der Waals surface area contributed by atoms with Crippen molar-refractivity contribution in [1.29, 1.82) is 0 Å². The molecule has 0 saturated carbocycles. The maximum Gasteiger partial charge on any atom is 0.286 e. The molecule has 0 spiro atoms. The van der Waals surface area contributed by atoms with Gasteiger partial charge in [0, 0.05) is 11.3 Å². The van der Waals surface area contributed by atoms with Crippen LogP contribution in [0.2, 0.25) is 0 Å². The summed E-state index contributed by atoms with van der Waals surface area (Å²) in [6.07, 6.45) is 0. The number of benzene rings is 2. The van der Waals surface area contributed by atoms with E-state index in [0.717, 1.165) is 22.8 Å². The van der Waals surface area contributed by atoms with Crippen LogP contribution in [-0.4, -0.2) is 22.0 Å². The Morgan fingerprint density at radius 2 is 1.75 bits per heavy atom. The molecule has 0 fully saturated rings. The average molecular weight is 449 g/mol. The number of anilines is 1. The third-order valence-corrected chi connectivity index (χ3v) is 5.29. The summed E-state index contributed by atoms with van der Waals surface area (Å²) in [6, 6.07) is 19.6. The lowest BCUT2D eigenvalue weighted by atomic mass is 10.2. The van der Waals surface area contributed by atoms with Crippen LogP contribution >= 0.6 is 11.3 Å². The van der Waals surface area contributed by atoms with Gasteiger partial charge in [0.15, 0.2) is 5.01 Å². The van der Waals surface area contributed by atoms with Crippen LogP contribution in [0.3, 0.4) is 0 Å². The Labute approximate surface area is 188 Å². The number of hydrogen-bond acceptors (Lipinski definition) is 7. The summed E-state index contributed by atoms with van der Waals surface area (Å²) >= 11 is 1.16. The highest BCUT2D eigenvalue weighted by molar-refractivity contribution is 7.13. The lowest BCUT2D eigenvalue weighted by Gasteiger charge is -2.06. The van der Waals surface area contributed by atoms with E-state index in [-0.39, 0.29) is 23.4 Å². The molecule has 162 valence electrons. The summed E-state index contributed by atoms with van der Waals surface area (Å²) in [7, 11) is 0. The fourth-order valence-electron chi connectivity index (χ4n) is 2.80. The van der Waals surface area contributed by atoms with Gasteiger partial charge in [-0.25, -0.2) is 0 Å². The van der Waals surface area contributed by atoms with Crippen molar-refractivity contribution in [2.45, 2.75) is 20.1 Å². The Hall–Kier alpha value is -3.98. The number of carbonyl (C=O) groups excluding carboxylic acids is 2. The first-order valence-electron chi connectivity index (χ1n) is 9.82. The van der Waals surface area contributed by atoms with Crippen molar-refractivity contribution in [3.8, 4) is 5.75 Å². The Kier molecular flexibility index (Phi) is 6.57. The van der Waals surface area contributed by atoms with Gasteiger partial charge in [-0.15, -0.1) is 10.2 Å². The third kappa shape index (κ3) is 5.58. The quantitative estimate of drug-likeness (QED) is 0.418. The minimum Gasteiger partial charge on any atom is -0.486 e. The summed E-state index contributed by atoms with van der Waals surface area (Å²) < 4.78 is 11.1. The van der Waals surface area contributed by atoms with Gasteiger partial charge in [-0.05, 0) is 55.5 Å². The lowest BCUT2D eigenvalue weighted by Crippen LogP contribution is -2.22. The summed E-state index contributed by atoms with van der Waals surface area (Å²) in [4.78, 5) is 24.7. The van der Waals surface area contributed by atoms with Crippen molar-refractivity contribution in [2.24, 2.45) is 0 Å². The standard InChI is InChI=1S/C23H20N4O4S/c1-15-7-12-19(31-15)13-24-21(28)16-8-10-17(11-9-16)25-22(29)23-27-26-20(32-23)14-30-18-5-3-2-4-6-18/h2-12H,13-14H2,1H3,(H,24,28)(H,25,29). The van der Waals surface area contributed by atoms with Gasteiger partial charge < -0.3 is 19.8 Å². The zero-order valence-corrected chi connectivity index (χ0v) is 18.0. The van der Waals surface area contributed by atoms with Gasteiger partial charge in [0.2, 0.25) is 5.01 Å². The van der Waals surface area contributed by atoms with Crippen LogP contribution in [0.1, 0.15) is 36.7 Å². The molecule has 0 aliphatic rings. The van der Waals surface area contributed by atoms with Gasteiger partial charge in [0.25, 0.3) is 11.8 Å². The smallest absolute Gasteiger partial charge is 0.286 e. The van der Waals surface area contributed by atoms with Crippen LogP contribution in [0.5, 0.6) is 5.75 Å². The summed E-state index contributed by atoms with van der Waals surface area (Å²) in [5, 5.41) is 14.3. The number of aromatic nitrogens is 2. The first-order chi connectivity index (χ1) is 15.6. The molecule has 0 saturated heterocycles. The molecule has 8 nitrogen and oxygen atoms in total. The van der Waals surface area contributed by atoms with E-state index < -0.39 is 0 Å². The Morgan fingerprint density at radius 1 is 0.969 bits per heavy atom. The highest BCUT2D eigenvalue weighted by Crippen LogP contribution is 2.17. The molecule has 32 heavy (non-hydrogen) atoms. The summed E-state index contributed by atoms with van der Waals surface area (Å²) in [5.74, 6) is 1.59. The van der Waals surface area contributed by atoms with E-state index >= 15 is 0 Å². The number of nitrogens with one attached hydrogen (secondary N) is 2. The molecular formula is C23H20N4O4S. The highest BCUT2D eigenvalue weighted by atomic mass is 32.1.